The van der Waals surface area contributed by atoms with Crippen LogP contribution in [0.25, 0.3) is 11.5 Å². The maximum atomic E-state index is 10.1. The molecule has 3 rings (SSSR count). The van der Waals surface area contributed by atoms with E-state index >= 15 is 0 Å². The molecule has 24 heavy (non-hydrogen) atoms. The van der Waals surface area contributed by atoms with E-state index in [1.165, 1.54) is 0 Å². The fourth-order valence-electron chi connectivity index (χ4n) is 3.12. The van der Waals surface area contributed by atoms with Crippen LogP contribution >= 0.6 is 0 Å². The third-order valence-corrected chi connectivity index (χ3v) is 4.48. The van der Waals surface area contributed by atoms with Crippen molar-refractivity contribution < 1.29 is 9.84 Å². The molecule has 0 aromatic carbocycles. The van der Waals surface area contributed by atoms with Crippen LogP contribution in [0.15, 0.2) is 24.4 Å². The number of ether oxygens (including phenoxy) is 1. The van der Waals surface area contributed by atoms with Crippen molar-refractivity contribution in [3.63, 3.8) is 0 Å². The number of aromatic nitrogens is 4. The van der Waals surface area contributed by atoms with Gasteiger partial charge in [0.2, 0.25) is 0 Å². The summed E-state index contributed by atoms with van der Waals surface area (Å²) >= 11 is 0. The van der Waals surface area contributed by atoms with Crippen molar-refractivity contribution in [1.82, 2.24) is 19.7 Å². The molecule has 0 radical (unpaired) electrons. The summed E-state index contributed by atoms with van der Waals surface area (Å²) in [6, 6.07) is 5.55. The van der Waals surface area contributed by atoms with Gasteiger partial charge in [-0.05, 0) is 38.3 Å². The van der Waals surface area contributed by atoms with Crippen molar-refractivity contribution in [2.24, 2.45) is 5.73 Å². The second-order valence-electron chi connectivity index (χ2n) is 6.17. The van der Waals surface area contributed by atoms with Crippen LogP contribution in [0.1, 0.15) is 37.9 Å². The van der Waals surface area contributed by atoms with Crippen molar-refractivity contribution in [2.45, 2.75) is 50.8 Å². The van der Waals surface area contributed by atoms with Gasteiger partial charge in [0.25, 0.3) is 0 Å². The Kier molecular flexibility index (Phi) is 5.55. The Hall–Kier alpha value is -1.83. The van der Waals surface area contributed by atoms with E-state index in [1.54, 1.807) is 6.20 Å². The van der Waals surface area contributed by atoms with Gasteiger partial charge in [-0.25, -0.2) is 9.67 Å². The first kappa shape index (κ1) is 17.0. The fourth-order valence-corrected chi connectivity index (χ4v) is 3.12. The first-order valence-electron chi connectivity index (χ1n) is 8.56. The topological polar surface area (TPSA) is 99.1 Å². The maximum Gasteiger partial charge on any atom is 0.200 e. The zero-order valence-electron chi connectivity index (χ0n) is 14.0. The molecule has 2 heterocycles. The summed E-state index contributed by atoms with van der Waals surface area (Å²) in [6.07, 6.45) is 3.57. The summed E-state index contributed by atoms with van der Waals surface area (Å²) in [5.41, 5.74) is 6.68. The van der Waals surface area contributed by atoms with E-state index < -0.39 is 6.10 Å². The van der Waals surface area contributed by atoms with Gasteiger partial charge in [-0.1, -0.05) is 6.07 Å². The first-order chi connectivity index (χ1) is 11.7. The Morgan fingerprint density at radius 2 is 2.25 bits per heavy atom. The predicted octanol–water partition coefficient (Wildman–Crippen LogP) is 1.33. The number of nitrogens with zero attached hydrogens (tertiary/aromatic N) is 4. The lowest BCUT2D eigenvalue weighted by molar-refractivity contribution is 0.0942. The molecule has 7 nitrogen and oxygen atoms in total. The van der Waals surface area contributed by atoms with Crippen molar-refractivity contribution in [2.75, 3.05) is 13.2 Å². The Labute approximate surface area is 141 Å². The summed E-state index contributed by atoms with van der Waals surface area (Å²) < 4.78 is 7.36. The van der Waals surface area contributed by atoms with Gasteiger partial charge < -0.3 is 15.6 Å². The van der Waals surface area contributed by atoms with Crippen LogP contribution in [0.4, 0.5) is 0 Å². The van der Waals surface area contributed by atoms with Crippen molar-refractivity contribution in [1.29, 1.82) is 0 Å². The summed E-state index contributed by atoms with van der Waals surface area (Å²) in [7, 11) is 0. The smallest absolute Gasteiger partial charge is 0.200 e. The van der Waals surface area contributed by atoms with Crippen LogP contribution in [0, 0.1) is 0 Å². The number of rotatable bonds is 6. The highest BCUT2D eigenvalue weighted by molar-refractivity contribution is 5.47. The number of pyridine rings is 1. The average Bonchev–Trinajstić information content (AvgIpc) is 3.03. The first-order valence-corrected chi connectivity index (χ1v) is 8.56. The molecular weight excluding hydrogens is 306 g/mol. The summed E-state index contributed by atoms with van der Waals surface area (Å²) in [6.45, 7) is 3.87. The molecule has 3 atom stereocenters. The number of aliphatic hydroxyl groups is 1. The van der Waals surface area contributed by atoms with Gasteiger partial charge in [-0.2, -0.15) is 0 Å². The van der Waals surface area contributed by atoms with E-state index in [9.17, 15) is 5.11 Å². The molecule has 0 bridgehead atoms. The molecule has 0 aliphatic heterocycles. The van der Waals surface area contributed by atoms with Crippen molar-refractivity contribution >= 4 is 0 Å². The van der Waals surface area contributed by atoms with Gasteiger partial charge in [0.1, 0.15) is 11.5 Å². The molecule has 3 N–H and O–H groups in total. The van der Waals surface area contributed by atoms with Crippen LogP contribution in [-0.2, 0) is 11.3 Å². The molecule has 0 unspecified atom stereocenters. The Balaban J connectivity index is 1.86. The van der Waals surface area contributed by atoms with Crippen LogP contribution in [-0.4, -0.2) is 50.2 Å². The molecule has 1 saturated carbocycles. The lowest BCUT2D eigenvalue weighted by Crippen LogP contribution is -2.40. The van der Waals surface area contributed by atoms with E-state index in [0.717, 1.165) is 24.4 Å². The molecule has 0 saturated heterocycles. The van der Waals surface area contributed by atoms with Crippen LogP contribution < -0.4 is 5.73 Å². The lowest BCUT2D eigenvalue weighted by Gasteiger charge is -2.30. The normalized spacial score (nSPS) is 24.2. The zero-order valence-corrected chi connectivity index (χ0v) is 14.0. The molecule has 7 heteroatoms. The SMILES string of the molecule is CCOCCn1nc(-c2ccccn2)nc1[C@H]1CC[C@@H](N)[C@H](O)C1. The number of aliphatic hydroxyl groups excluding tert-OH is 1. The quantitative estimate of drug-likeness (QED) is 0.775. The maximum absolute atomic E-state index is 10.1. The highest BCUT2D eigenvalue weighted by Crippen LogP contribution is 2.32. The second-order valence-corrected chi connectivity index (χ2v) is 6.17. The summed E-state index contributed by atoms with van der Waals surface area (Å²) in [4.78, 5) is 9.06. The van der Waals surface area contributed by atoms with E-state index in [2.05, 4.69) is 10.1 Å². The Morgan fingerprint density at radius 1 is 1.38 bits per heavy atom. The van der Waals surface area contributed by atoms with E-state index in [1.807, 2.05) is 29.8 Å². The standard InChI is InChI=1S/C17H25N5O2/c1-2-24-10-9-22-17(12-6-7-13(18)15(23)11-12)20-16(21-22)14-5-3-4-8-19-14/h3-5,8,12-13,15,23H,2,6-7,9-11,18H2,1H3/t12-,13+,15+/m0/s1. The summed E-state index contributed by atoms with van der Waals surface area (Å²) in [5.74, 6) is 1.67. The van der Waals surface area contributed by atoms with Gasteiger partial charge in [-0.15, -0.1) is 5.10 Å². The number of nitrogens with two attached hydrogens (primary N) is 1. The third-order valence-electron chi connectivity index (χ3n) is 4.48. The predicted molar refractivity (Wildman–Crippen MR) is 90.3 cm³/mol. The van der Waals surface area contributed by atoms with Gasteiger partial charge in [-0.3, -0.25) is 4.98 Å². The number of hydrogen-bond acceptors (Lipinski definition) is 6. The molecule has 0 amide bonds. The largest absolute Gasteiger partial charge is 0.391 e. The van der Waals surface area contributed by atoms with E-state index in [-0.39, 0.29) is 12.0 Å². The molecule has 130 valence electrons. The molecule has 1 fully saturated rings. The van der Waals surface area contributed by atoms with Crippen LogP contribution in [0.2, 0.25) is 0 Å². The highest BCUT2D eigenvalue weighted by atomic mass is 16.5. The molecule has 2 aromatic rings. The molecule has 0 spiro atoms. The Morgan fingerprint density at radius 3 is 2.96 bits per heavy atom. The van der Waals surface area contributed by atoms with Crippen molar-refractivity contribution in [3.8, 4) is 11.5 Å². The minimum atomic E-state index is -0.487. The molecule has 1 aliphatic carbocycles. The lowest BCUT2D eigenvalue weighted by atomic mass is 9.84. The van der Waals surface area contributed by atoms with Crippen LogP contribution in [0.5, 0.6) is 0 Å². The van der Waals surface area contributed by atoms with Gasteiger partial charge in [0.15, 0.2) is 5.82 Å². The molecule has 1 aliphatic rings. The highest BCUT2D eigenvalue weighted by Gasteiger charge is 2.31. The summed E-state index contributed by atoms with van der Waals surface area (Å²) in [5, 5.41) is 14.7. The molecule has 2 aromatic heterocycles. The van der Waals surface area contributed by atoms with Crippen LogP contribution in [0.3, 0.4) is 0 Å². The minimum absolute atomic E-state index is 0.142. The number of hydrogen-bond donors (Lipinski definition) is 2. The monoisotopic (exact) mass is 331 g/mol. The fraction of sp³-hybridized carbons (Fsp3) is 0.588. The van der Waals surface area contributed by atoms with Gasteiger partial charge in [0, 0.05) is 24.8 Å². The van der Waals surface area contributed by atoms with E-state index in [4.69, 9.17) is 15.5 Å². The second kappa shape index (κ2) is 7.83. The Bertz CT molecular complexity index is 646. The minimum Gasteiger partial charge on any atom is -0.391 e. The van der Waals surface area contributed by atoms with Gasteiger partial charge >= 0.3 is 0 Å². The zero-order chi connectivity index (χ0) is 16.9. The van der Waals surface area contributed by atoms with Gasteiger partial charge in [0.05, 0.1) is 19.3 Å². The average molecular weight is 331 g/mol. The molecular formula is C17H25N5O2. The van der Waals surface area contributed by atoms with Crippen molar-refractivity contribution in [3.05, 3.63) is 30.2 Å². The third kappa shape index (κ3) is 3.80. The van der Waals surface area contributed by atoms with E-state index in [0.29, 0.717) is 32.0 Å².